The average Bonchev–Trinajstić information content (AvgIpc) is 3.47. The Labute approximate surface area is 234 Å². The van der Waals surface area contributed by atoms with Gasteiger partial charge in [0.2, 0.25) is 11.9 Å². The number of ether oxygens (including phenoxy) is 4. The van der Waals surface area contributed by atoms with E-state index in [-0.39, 0.29) is 23.0 Å². The van der Waals surface area contributed by atoms with Crippen molar-refractivity contribution in [2.24, 2.45) is 5.92 Å². The van der Waals surface area contributed by atoms with Crippen LogP contribution in [0.3, 0.4) is 0 Å². The molecular weight excluding hydrogens is 549 g/mol. The number of H-pyrrole nitrogens is 1. The van der Waals surface area contributed by atoms with Gasteiger partial charge < -0.3 is 24.1 Å². The lowest BCUT2D eigenvalue weighted by atomic mass is 10.1. The number of carbonyl (C=O) groups excluding carboxylic acids is 1. The molecule has 3 N–H and O–H groups in total. The summed E-state index contributed by atoms with van der Waals surface area (Å²) in [5, 5.41) is 13.6. The minimum Gasteiger partial charge on any atom is -0.387 e. The average molecular weight is 590 g/mol. The van der Waals surface area contributed by atoms with Crippen LogP contribution in [-0.4, -0.2) is 81.7 Å². The Morgan fingerprint density at radius 1 is 1.25 bits per heavy atom. The molecule has 3 rings (SSSR count). The minimum absolute atomic E-state index is 0.0136. The zero-order valence-electron chi connectivity index (χ0n) is 25.9. The molecule has 1 fully saturated rings. The Bertz CT molecular complexity index is 1420. The summed E-state index contributed by atoms with van der Waals surface area (Å²) >= 11 is 0. The number of imidazole rings is 1. The van der Waals surface area contributed by atoms with Crippen LogP contribution >= 0.6 is 7.60 Å². The van der Waals surface area contributed by atoms with Crippen LogP contribution in [0.1, 0.15) is 50.5 Å². The largest absolute Gasteiger partial charge is 0.387 e. The van der Waals surface area contributed by atoms with Crippen LogP contribution in [0.2, 0.25) is 0 Å². The second-order valence-corrected chi connectivity index (χ2v) is 11.7. The van der Waals surface area contributed by atoms with Gasteiger partial charge in [-0.1, -0.05) is 13.8 Å². The molecular formula is C24H38N5O10P. The lowest BCUT2D eigenvalue weighted by Gasteiger charge is -2.32. The van der Waals surface area contributed by atoms with Gasteiger partial charge in [-0.15, -0.1) is 0 Å². The molecule has 0 spiro atoms. The molecule has 16 heteroatoms. The topological polar surface area (TPSA) is 185 Å². The third-order valence-electron chi connectivity index (χ3n) is 5.97. The Hall–Kier alpha value is -2.49. The van der Waals surface area contributed by atoms with E-state index >= 15 is 0 Å². The van der Waals surface area contributed by atoms with E-state index in [9.17, 15) is 19.3 Å². The van der Waals surface area contributed by atoms with Gasteiger partial charge in [0.15, 0.2) is 29.0 Å². The highest BCUT2D eigenvalue weighted by Gasteiger charge is 2.46. The van der Waals surface area contributed by atoms with Crippen molar-refractivity contribution in [3.8, 4) is 0 Å². The number of aromatic amines is 1. The molecule has 0 unspecified atom stereocenters. The van der Waals surface area contributed by atoms with Gasteiger partial charge in [0.1, 0.15) is 18.3 Å². The fourth-order valence-electron chi connectivity index (χ4n) is 3.54. The normalized spacial score (nSPS) is 23.8. The molecule has 0 bridgehead atoms. The molecule has 2 aromatic heterocycles. The molecule has 40 heavy (non-hydrogen) atoms. The lowest BCUT2D eigenvalue weighted by molar-refractivity contribution is -0.171. The van der Waals surface area contributed by atoms with Gasteiger partial charge in [0.05, 0.1) is 9.07 Å². The van der Waals surface area contributed by atoms with Gasteiger partial charge in [-0.05, 0) is 33.7 Å². The van der Waals surface area contributed by atoms with Gasteiger partial charge in [-0.2, -0.15) is 4.98 Å². The Morgan fingerprint density at radius 3 is 2.38 bits per heavy atom. The Kier molecular flexibility index (Phi) is 8.83. The van der Waals surface area contributed by atoms with Crippen molar-refractivity contribution in [3.05, 3.63) is 28.5 Å². The maximum absolute atomic E-state index is 14.0. The van der Waals surface area contributed by atoms with Gasteiger partial charge in [-0.3, -0.25) is 38.1 Å². The van der Waals surface area contributed by atoms with E-state index in [1.807, 2.05) is 0 Å². The number of carbonyl (C=O) groups is 1. The molecule has 1 saturated heterocycles. The molecule has 0 aliphatic carbocycles. The summed E-state index contributed by atoms with van der Waals surface area (Å²) in [6, 6.07) is -0.727. The van der Waals surface area contributed by atoms with Crippen LogP contribution in [0.5, 0.6) is 0 Å². The number of hydrogen-bond acceptors (Lipinski definition) is 12. The first-order valence-electron chi connectivity index (χ1n) is 13.3. The summed E-state index contributed by atoms with van der Waals surface area (Å²) < 4.78 is 65.6. The van der Waals surface area contributed by atoms with E-state index in [0.29, 0.717) is 0 Å². The summed E-state index contributed by atoms with van der Waals surface area (Å²) in [4.78, 5) is 35.6. The summed E-state index contributed by atoms with van der Waals surface area (Å²) in [7, 11) is -0.761. The monoisotopic (exact) mass is 589 g/mol. The summed E-state index contributed by atoms with van der Waals surface area (Å²) in [6.07, 6.45) is -4.29. The van der Waals surface area contributed by atoms with Crippen LogP contribution in [0.15, 0.2) is 23.0 Å². The van der Waals surface area contributed by atoms with Gasteiger partial charge in [0, 0.05) is 33.0 Å². The second kappa shape index (κ2) is 12.2. The molecule has 0 aromatic carbocycles. The number of aliphatic hydroxyl groups is 1. The third-order valence-corrected chi connectivity index (χ3v) is 7.73. The predicted molar refractivity (Wildman–Crippen MR) is 143 cm³/mol. The van der Waals surface area contributed by atoms with Gasteiger partial charge in [-0.25, -0.2) is 4.98 Å². The number of methoxy groups -OCH3 is 3. The SMILES string of the molecule is [2H]/C(=C(/[2H])P(=O)(OC(C)(C)OC)OC(C)(C)OC)[C@H]1O[C@@H](n2cnc3c(=O)[nH]c(NC(=O)C(C)C)nc32)[C@H](OC)[C@@H]1O. The smallest absolute Gasteiger partial charge is 0.358 e. The number of aromatic nitrogens is 4. The number of anilines is 1. The lowest BCUT2D eigenvalue weighted by Crippen LogP contribution is -2.33. The van der Waals surface area contributed by atoms with Crippen molar-refractivity contribution in [2.75, 3.05) is 26.6 Å². The molecule has 1 amide bonds. The maximum atomic E-state index is 14.0. The van der Waals surface area contributed by atoms with Crippen molar-refractivity contribution < 1.29 is 45.2 Å². The number of nitrogens with one attached hydrogen (secondary N) is 2. The number of aliphatic hydroxyl groups excluding tert-OH is 1. The van der Waals surface area contributed by atoms with Crippen molar-refractivity contribution >= 4 is 30.6 Å². The molecule has 4 atom stereocenters. The van der Waals surface area contributed by atoms with E-state index in [2.05, 4.69) is 20.3 Å². The fraction of sp³-hybridized carbons (Fsp3) is 0.667. The summed E-state index contributed by atoms with van der Waals surface area (Å²) in [5.74, 6) is -4.84. The van der Waals surface area contributed by atoms with Crippen LogP contribution < -0.4 is 10.9 Å². The number of nitrogens with zero attached hydrogens (tertiary/aromatic N) is 3. The van der Waals surface area contributed by atoms with E-state index in [1.165, 1.54) is 59.9 Å². The molecule has 15 nitrogen and oxygen atoms in total. The van der Waals surface area contributed by atoms with E-state index in [0.717, 1.165) is 0 Å². The zero-order valence-corrected chi connectivity index (χ0v) is 24.8. The first-order chi connectivity index (χ1) is 19.4. The molecule has 224 valence electrons. The van der Waals surface area contributed by atoms with E-state index < -0.39 is 67.0 Å². The highest BCUT2D eigenvalue weighted by Crippen LogP contribution is 2.56. The summed E-state index contributed by atoms with van der Waals surface area (Å²) in [6.45, 7) is 9.09. The van der Waals surface area contributed by atoms with Crippen molar-refractivity contribution in [1.82, 2.24) is 19.5 Å². The van der Waals surface area contributed by atoms with Crippen LogP contribution in [-0.2, 0) is 37.4 Å². The van der Waals surface area contributed by atoms with Crippen molar-refractivity contribution in [2.45, 2.75) is 77.7 Å². The highest BCUT2D eigenvalue weighted by atomic mass is 31.2. The van der Waals surface area contributed by atoms with Crippen LogP contribution in [0.25, 0.3) is 11.2 Å². The highest BCUT2D eigenvalue weighted by molar-refractivity contribution is 7.57. The standard InChI is InChI=1S/C24H38N5O10P/c1-13(2)19(31)27-22-26-18-15(20(32)28-22)25-12-29(18)21-17(34-7)16(30)14(37-21)10-11-40(33,38-23(3,4)35-8)39-24(5,6)36-9/h10-14,16-17,21,30H,1-9H3,(H2,26,27,28,31,32)/b11-10+/t14-,16-,17-,21-/m1/s1/i10D,11D. The third kappa shape index (κ3) is 7.22. The molecule has 0 radical (unpaired) electrons. The van der Waals surface area contributed by atoms with Crippen molar-refractivity contribution in [1.29, 1.82) is 0 Å². The summed E-state index contributed by atoms with van der Waals surface area (Å²) in [5.41, 5.74) is -0.750. The van der Waals surface area contributed by atoms with Crippen LogP contribution in [0.4, 0.5) is 5.95 Å². The quantitative estimate of drug-likeness (QED) is 0.243. The Balaban J connectivity index is 2.07. The number of hydrogen-bond donors (Lipinski definition) is 3. The van der Waals surface area contributed by atoms with E-state index in [1.54, 1.807) is 13.8 Å². The second-order valence-electron chi connectivity index (χ2n) is 10.2. The van der Waals surface area contributed by atoms with Crippen molar-refractivity contribution in [3.63, 3.8) is 0 Å². The molecule has 1 aliphatic rings. The molecule has 3 heterocycles. The molecule has 1 aliphatic heterocycles. The number of rotatable bonds is 12. The first-order valence-corrected chi connectivity index (χ1v) is 13.9. The first kappa shape index (κ1) is 29.0. The number of amides is 1. The molecule has 0 saturated carbocycles. The van der Waals surface area contributed by atoms with Crippen LogP contribution in [0, 0.1) is 5.92 Å². The molecule has 2 aromatic rings. The predicted octanol–water partition coefficient (Wildman–Crippen LogP) is 2.49. The zero-order chi connectivity index (χ0) is 31.8. The van der Waals surface area contributed by atoms with E-state index in [4.69, 9.17) is 30.7 Å². The fourth-order valence-corrected chi connectivity index (χ4v) is 5.26. The van der Waals surface area contributed by atoms with Gasteiger partial charge in [0.25, 0.3) is 5.56 Å². The van der Waals surface area contributed by atoms with Gasteiger partial charge >= 0.3 is 7.60 Å². The maximum Gasteiger partial charge on any atom is 0.358 e. The number of fused-ring (bicyclic) bond motifs is 1. The minimum atomic E-state index is -4.64. The Morgan fingerprint density at radius 2 is 1.85 bits per heavy atom.